The Morgan fingerprint density at radius 3 is 2.62 bits per heavy atom. The molecule has 0 unspecified atom stereocenters. The fourth-order valence-corrected chi connectivity index (χ4v) is 4.34. The molecule has 162 valence electrons. The van der Waals surface area contributed by atoms with Crippen LogP contribution in [0.5, 0.6) is 11.5 Å². The summed E-state index contributed by atoms with van der Waals surface area (Å²) in [7, 11) is 1.58. The quantitative estimate of drug-likeness (QED) is 0.189. The topological polar surface area (TPSA) is 57.1 Å². The Labute approximate surface area is 208 Å². The van der Waals surface area contributed by atoms with Crippen LogP contribution in [0.1, 0.15) is 22.3 Å². The van der Waals surface area contributed by atoms with Crippen LogP contribution in [0.2, 0.25) is 0 Å². The first-order valence-corrected chi connectivity index (χ1v) is 11.7. The number of benzene rings is 3. The van der Waals surface area contributed by atoms with Crippen LogP contribution in [0, 0.1) is 10.5 Å². The van der Waals surface area contributed by atoms with Crippen LogP contribution in [0.4, 0.5) is 0 Å². The summed E-state index contributed by atoms with van der Waals surface area (Å²) in [5.41, 5.74) is 3.82. The summed E-state index contributed by atoms with van der Waals surface area (Å²) in [5, 5.41) is 0. The predicted octanol–water partition coefficient (Wildman–Crippen LogP) is 6.29. The molecule has 0 aliphatic carbocycles. The number of hydrogen-bond acceptors (Lipinski definition) is 5. The van der Waals surface area contributed by atoms with Crippen molar-refractivity contribution < 1.29 is 19.0 Å². The molecule has 5 nitrogen and oxygen atoms in total. The Kier molecular flexibility index (Phi) is 6.95. The van der Waals surface area contributed by atoms with Crippen LogP contribution in [0.15, 0.2) is 75.8 Å². The van der Waals surface area contributed by atoms with Gasteiger partial charge in [0.25, 0.3) is 0 Å². The lowest BCUT2D eigenvalue weighted by Crippen LogP contribution is -2.06. The molecule has 32 heavy (non-hydrogen) atoms. The molecular formula is C25H19BrINO4. The van der Waals surface area contributed by atoms with Gasteiger partial charge in [0.15, 0.2) is 17.2 Å². The maximum absolute atomic E-state index is 12.4. The van der Waals surface area contributed by atoms with Crippen molar-refractivity contribution in [2.75, 3.05) is 7.11 Å². The zero-order valence-electron chi connectivity index (χ0n) is 17.4. The SMILES string of the molecule is COc1cc(/C=C2\N=C(c3ccccc3C)OC2=O)cc(Br)c1OCc1ccccc1I. The molecule has 0 amide bonds. The number of hydrogen-bond donors (Lipinski definition) is 0. The lowest BCUT2D eigenvalue weighted by Gasteiger charge is -2.14. The molecular weight excluding hydrogens is 585 g/mol. The highest BCUT2D eigenvalue weighted by molar-refractivity contribution is 14.1. The average molecular weight is 604 g/mol. The van der Waals surface area contributed by atoms with E-state index < -0.39 is 5.97 Å². The average Bonchev–Trinajstić information content (AvgIpc) is 3.14. The van der Waals surface area contributed by atoms with Crippen LogP contribution in [0.25, 0.3) is 6.08 Å². The van der Waals surface area contributed by atoms with Crippen molar-refractivity contribution in [3.05, 3.63) is 96.7 Å². The third kappa shape index (κ3) is 4.88. The monoisotopic (exact) mass is 603 g/mol. The van der Waals surface area contributed by atoms with Gasteiger partial charge < -0.3 is 14.2 Å². The molecule has 0 saturated carbocycles. The molecule has 1 heterocycles. The van der Waals surface area contributed by atoms with Gasteiger partial charge in [-0.15, -0.1) is 0 Å². The van der Waals surface area contributed by atoms with Gasteiger partial charge >= 0.3 is 5.97 Å². The summed E-state index contributed by atoms with van der Waals surface area (Å²) in [6.45, 7) is 2.36. The van der Waals surface area contributed by atoms with Gasteiger partial charge in [-0.1, -0.05) is 36.4 Å². The van der Waals surface area contributed by atoms with Crippen molar-refractivity contribution in [3.63, 3.8) is 0 Å². The van der Waals surface area contributed by atoms with Gasteiger partial charge in [-0.25, -0.2) is 9.79 Å². The summed E-state index contributed by atoms with van der Waals surface area (Å²) < 4.78 is 18.8. The third-order valence-corrected chi connectivity index (χ3v) is 6.52. The number of cyclic esters (lactones) is 1. The molecule has 0 N–H and O–H groups in total. The number of aliphatic imine (C=N–C) groups is 1. The Morgan fingerprint density at radius 1 is 1.12 bits per heavy atom. The number of carbonyl (C=O) groups excluding carboxylic acids is 1. The number of ether oxygens (including phenoxy) is 3. The van der Waals surface area contributed by atoms with Crippen molar-refractivity contribution in [1.29, 1.82) is 0 Å². The third-order valence-electron chi connectivity index (χ3n) is 4.88. The van der Waals surface area contributed by atoms with Crippen LogP contribution >= 0.6 is 38.5 Å². The predicted molar refractivity (Wildman–Crippen MR) is 136 cm³/mol. The first-order chi connectivity index (χ1) is 15.5. The highest BCUT2D eigenvalue weighted by atomic mass is 127. The summed E-state index contributed by atoms with van der Waals surface area (Å²) in [5.74, 6) is 0.958. The van der Waals surface area contributed by atoms with Crippen LogP contribution in [0.3, 0.4) is 0 Å². The molecule has 0 atom stereocenters. The Balaban J connectivity index is 1.61. The number of methoxy groups -OCH3 is 1. The van der Waals surface area contributed by atoms with E-state index in [2.05, 4.69) is 43.5 Å². The fourth-order valence-electron chi connectivity index (χ4n) is 3.22. The number of carbonyl (C=O) groups is 1. The molecule has 4 rings (SSSR count). The number of nitrogens with zero attached hydrogens (tertiary/aromatic N) is 1. The zero-order valence-corrected chi connectivity index (χ0v) is 21.1. The lowest BCUT2D eigenvalue weighted by molar-refractivity contribution is -0.129. The Morgan fingerprint density at radius 2 is 1.88 bits per heavy atom. The van der Waals surface area contributed by atoms with Crippen LogP contribution in [-0.2, 0) is 16.1 Å². The van der Waals surface area contributed by atoms with Gasteiger partial charge in [0, 0.05) is 14.7 Å². The number of rotatable bonds is 6. The second kappa shape index (κ2) is 9.87. The second-order valence-electron chi connectivity index (χ2n) is 7.07. The molecule has 0 bridgehead atoms. The maximum atomic E-state index is 12.4. The van der Waals surface area contributed by atoms with E-state index >= 15 is 0 Å². The summed E-state index contributed by atoms with van der Waals surface area (Å²) >= 11 is 5.85. The lowest BCUT2D eigenvalue weighted by atomic mass is 10.1. The molecule has 0 radical (unpaired) electrons. The van der Waals surface area contributed by atoms with E-state index in [1.54, 1.807) is 19.3 Å². The first kappa shape index (κ1) is 22.5. The van der Waals surface area contributed by atoms with Gasteiger partial charge in [0.2, 0.25) is 5.90 Å². The van der Waals surface area contributed by atoms with Gasteiger partial charge in [-0.05, 0) is 86.9 Å². The molecule has 0 aromatic heterocycles. The first-order valence-electron chi connectivity index (χ1n) is 9.78. The Hall–Kier alpha value is -2.65. The molecule has 1 aliphatic rings. The molecule has 0 saturated heterocycles. The van der Waals surface area contributed by atoms with Gasteiger partial charge in [-0.2, -0.15) is 0 Å². The number of aryl methyl sites for hydroxylation is 1. The van der Waals surface area contributed by atoms with Crippen molar-refractivity contribution in [2.24, 2.45) is 4.99 Å². The molecule has 0 fully saturated rings. The van der Waals surface area contributed by atoms with Crippen molar-refractivity contribution >= 4 is 56.5 Å². The van der Waals surface area contributed by atoms with E-state index in [9.17, 15) is 4.79 Å². The van der Waals surface area contributed by atoms with E-state index in [1.807, 2.05) is 61.5 Å². The van der Waals surface area contributed by atoms with Crippen LogP contribution in [-0.4, -0.2) is 19.0 Å². The highest BCUT2D eigenvalue weighted by Crippen LogP contribution is 2.38. The van der Waals surface area contributed by atoms with E-state index in [0.29, 0.717) is 28.5 Å². The smallest absolute Gasteiger partial charge is 0.363 e. The standard InChI is InChI=1S/C25H19BrINO4/c1-15-7-3-5-9-18(15)24-28-21(25(29)32-24)12-16-11-19(26)23(22(13-16)30-2)31-14-17-8-4-6-10-20(17)27/h3-13H,14H2,1-2H3/b21-12-. The maximum Gasteiger partial charge on any atom is 0.363 e. The van der Waals surface area contributed by atoms with Gasteiger partial charge in [-0.3, -0.25) is 0 Å². The normalized spacial score (nSPS) is 14.3. The highest BCUT2D eigenvalue weighted by Gasteiger charge is 2.25. The van der Waals surface area contributed by atoms with Gasteiger partial charge in [0.1, 0.15) is 6.61 Å². The van der Waals surface area contributed by atoms with Gasteiger partial charge in [0.05, 0.1) is 11.6 Å². The number of halogens is 2. The minimum absolute atomic E-state index is 0.227. The van der Waals surface area contributed by atoms with E-state index in [0.717, 1.165) is 25.8 Å². The van der Waals surface area contributed by atoms with E-state index in [4.69, 9.17) is 14.2 Å². The minimum Gasteiger partial charge on any atom is -0.493 e. The Bertz CT molecular complexity index is 1250. The largest absolute Gasteiger partial charge is 0.493 e. The molecule has 7 heteroatoms. The summed E-state index contributed by atoms with van der Waals surface area (Å²) in [6, 6.07) is 19.3. The van der Waals surface area contributed by atoms with E-state index in [-0.39, 0.29) is 5.70 Å². The van der Waals surface area contributed by atoms with Crippen LogP contribution < -0.4 is 9.47 Å². The van der Waals surface area contributed by atoms with Crippen molar-refractivity contribution in [2.45, 2.75) is 13.5 Å². The minimum atomic E-state index is -0.489. The number of esters is 1. The molecule has 1 aliphatic heterocycles. The van der Waals surface area contributed by atoms with Crippen molar-refractivity contribution in [3.8, 4) is 11.5 Å². The zero-order chi connectivity index (χ0) is 22.7. The van der Waals surface area contributed by atoms with Crippen molar-refractivity contribution in [1.82, 2.24) is 0 Å². The van der Waals surface area contributed by atoms with E-state index in [1.165, 1.54) is 0 Å². The fraction of sp³-hybridized carbons (Fsp3) is 0.120. The second-order valence-corrected chi connectivity index (χ2v) is 9.08. The summed E-state index contributed by atoms with van der Waals surface area (Å²) in [4.78, 5) is 16.8. The molecule has 0 spiro atoms. The molecule has 3 aromatic carbocycles. The summed E-state index contributed by atoms with van der Waals surface area (Å²) in [6.07, 6.45) is 1.67. The molecule has 3 aromatic rings.